The molecule has 3 N–H and O–H groups in total. The third-order valence-corrected chi connectivity index (χ3v) is 9.96. The van der Waals surface area contributed by atoms with Gasteiger partial charge in [0.25, 0.3) is 0 Å². The van der Waals surface area contributed by atoms with E-state index in [-0.39, 0.29) is 19.4 Å². The molecule has 3 atom stereocenters. The lowest BCUT2D eigenvalue weighted by Crippen LogP contribution is -2.29. The zero-order chi connectivity index (χ0) is 40.0. The summed E-state index contributed by atoms with van der Waals surface area (Å²) in [5.41, 5.74) is 0. The number of hydrogen-bond donors (Lipinski definition) is 3. The van der Waals surface area contributed by atoms with Crippen molar-refractivity contribution in [2.24, 2.45) is 5.92 Å². The molecule has 0 bridgehead atoms. The molecule has 0 amide bonds. The summed E-state index contributed by atoms with van der Waals surface area (Å²) in [5.74, 6) is -0.112. The van der Waals surface area contributed by atoms with Crippen molar-refractivity contribution in [2.75, 3.05) is 13.2 Å². The maximum Gasteiger partial charge on any atom is 0.469 e. The Morgan fingerprint density at radius 2 is 1.22 bits per heavy atom. The van der Waals surface area contributed by atoms with Gasteiger partial charge >= 0.3 is 19.8 Å². The fraction of sp³-hybridized carbons (Fsp3) is 0.773. The summed E-state index contributed by atoms with van der Waals surface area (Å²) >= 11 is 0. The van der Waals surface area contributed by atoms with Crippen LogP contribution in [0.4, 0.5) is 0 Å². The second-order valence-corrected chi connectivity index (χ2v) is 16.0. The Bertz CT molecular complexity index is 1050. The minimum absolute atomic E-state index is 0.159. The van der Waals surface area contributed by atoms with Gasteiger partial charge in [-0.15, -0.1) is 0 Å². The van der Waals surface area contributed by atoms with E-state index in [2.05, 4.69) is 31.4 Å². The van der Waals surface area contributed by atoms with Crippen LogP contribution in [0.15, 0.2) is 48.6 Å². The van der Waals surface area contributed by atoms with Crippen LogP contribution in [-0.4, -0.2) is 52.3 Å². The number of hydrogen-bond acceptors (Lipinski definition) is 7. The monoisotopic (exact) mass is 783 g/mol. The number of allylic oxidation sites excluding steroid dienone is 6. The number of aliphatic hydroxyl groups excluding tert-OH is 1. The Kier molecular flexibility index (Phi) is 36.4. The molecule has 0 aromatic heterocycles. The molecule has 0 aliphatic rings. The number of carbonyl (C=O) groups excluding carboxylic acids is 2. The molecule has 54 heavy (non-hydrogen) atoms. The van der Waals surface area contributed by atoms with Gasteiger partial charge in [0.2, 0.25) is 0 Å². The maximum atomic E-state index is 12.4. The van der Waals surface area contributed by atoms with Crippen molar-refractivity contribution in [3.8, 4) is 0 Å². The zero-order valence-electron chi connectivity index (χ0n) is 34.4. The van der Waals surface area contributed by atoms with Crippen LogP contribution in [0.1, 0.15) is 188 Å². The van der Waals surface area contributed by atoms with Crippen LogP contribution in [0, 0.1) is 5.92 Å². The van der Waals surface area contributed by atoms with E-state index in [1.54, 1.807) is 6.08 Å². The number of carbonyl (C=O) groups is 2. The van der Waals surface area contributed by atoms with Crippen molar-refractivity contribution in [3.05, 3.63) is 48.6 Å². The lowest BCUT2D eigenvalue weighted by atomic mass is 9.99. The highest BCUT2D eigenvalue weighted by atomic mass is 31.2. The van der Waals surface area contributed by atoms with E-state index in [9.17, 15) is 19.3 Å². The topological polar surface area (TPSA) is 140 Å². The summed E-state index contributed by atoms with van der Waals surface area (Å²) in [4.78, 5) is 42.8. The Labute approximate surface area is 329 Å². The summed E-state index contributed by atoms with van der Waals surface area (Å²) in [7, 11) is -4.78. The molecule has 0 rings (SSSR count). The van der Waals surface area contributed by atoms with Crippen LogP contribution in [0.25, 0.3) is 0 Å². The first kappa shape index (κ1) is 52.0. The third-order valence-electron chi connectivity index (χ3n) is 9.47. The van der Waals surface area contributed by atoms with Crippen LogP contribution >= 0.6 is 7.82 Å². The number of unbranched alkanes of at least 4 members (excludes halogenated alkanes) is 17. The first-order valence-electron chi connectivity index (χ1n) is 21.4. The maximum absolute atomic E-state index is 12.4. The molecule has 0 heterocycles. The summed E-state index contributed by atoms with van der Waals surface area (Å²) in [6, 6.07) is 0. The largest absolute Gasteiger partial charge is 0.469 e. The van der Waals surface area contributed by atoms with Gasteiger partial charge in [-0.25, -0.2) is 4.57 Å². The summed E-state index contributed by atoms with van der Waals surface area (Å²) < 4.78 is 26.3. The molecule has 9 nitrogen and oxygen atoms in total. The fourth-order valence-corrected chi connectivity index (χ4v) is 6.20. The van der Waals surface area contributed by atoms with Crippen molar-refractivity contribution in [1.29, 1.82) is 0 Å². The molecule has 0 aliphatic carbocycles. The van der Waals surface area contributed by atoms with E-state index >= 15 is 0 Å². The molecule has 314 valence electrons. The van der Waals surface area contributed by atoms with Gasteiger partial charge in [-0.2, -0.15) is 0 Å². The van der Waals surface area contributed by atoms with Crippen LogP contribution in [-0.2, 0) is 28.2 Å². The molecular formula is C44H79O9P. The quantitative estimate of drug-likeness (QED) is 0.0183. The number of rotatable bonds is 38. The smallest absolute Gasteiger partial charge is 0.462 e. The first-order chi connectivity index (χ1) is 26.1. The van der Waals surface area contributed by atoms with Crippen LogP contribution < -0.4 is 0 Å². The zero-order valence-corrected chi connectivity index (χ0v) is 35.3. The average Bonchev–Trinajstić information content (AvgIpc) is 3.14. The van der Waals surface area contributed by atoms with Gasteiger partial charge in [-0.1, -0.05) is 179 Å². The second kappa shape index (κ2) is 37.9. The minimum atomic E-state index is -4.78. The molecule has 0 saturated heterocycles. The number of phosphoric acid groups is 1. The molecule has 0 fully saturated rings. The molecule has 0 spiro atoms. The number of esters is 2. The summed E-state index contributed by atoms with van der Waals surface area (Å²) in [6.07, 6.45) is 41.5. The van der Waals surface area contributed by atoms with Crippen LogP contribution in [0.3, 0.4) is 0 Å². The molecule has 0 radical (unpaired) electrons. The average molecular weight is 783 g/mol. The number of phosphoric ester groups is 1. The highest BCUT2D eigenvalue weighted by Gasteiger charge is 2.22. The Balaban J connectivity index is 4.05. The lowest BCUT2D eigenvalue weighted by molar-refractivity contribution is -0.161. The van der Waals surface area contributed by atoms with Crippen LogP contribution in [0.5, 0.6) is 0 Å². The SMILES string of the molecule is CCCCC/C=C\C[C@@H](O)/C=C/C=C\C/C=C\CCCC(=O)OC[C@H](COP(=O)(O)O)OC(=O)CCCCCCCCCCCCCCCCC(C)CC. The highest BCUT2D eigenvalue weighted by Crippen LogP contribution is 2.36. The van der Waals surface area contributed by atoms with E-state index in [1.807, 2.05) is 36.5 Å². The summed E-state index contributed by atoms with van der Waals surface area (Å²) in [5, 5.41) is 9.99. The van der Waals surface area contributed by atoms with E-state index in [0.29, 0.717) is 25.7 Å². The van der Waals surface area contributed by atoms with Crippen molar-refractivity contribution < 1.29 is 43.0 Å². The van der Waals surface area contributed by atoms with Gasteiger partial charge in [0, 0.05) is 12.8 Å². The standard InChI is InChI=1S/C44H79O9P/c1-4-6-7-8-24-29-34-41(45)35-30-25-20-17-18-21-26-31-36-43(46)51-38-42(39-52-54(48,49)50)53-44(47)37-32-27-22-16-14-12-10-9-11-13-15-19-23-28-33-40(3)5-2/h18,20-21,24-25,29-30,35,40-42,45H,4-17,19,22-23,26-28,31-34,36-39H2,1-3H3,(H2,48,49,50)/b21-18-,25-20-,29-24-,35-30+/t40?,41-,42-/m1/s1. The lowest BCUT2D eigenvalue weighted by Gasteiger charge is -2.18. The van der Waals surface area contributed by atoms with Crippen molar-refractivity contribution in [3.63, 3.8) is 0 Å². The Morgan fingerprint density at radius 3 is 1.83 bits per heavy atom. The van der Waals surface area contributed by atoms with E-state index < -0.39 is 38.6 Å². The second-order valence-electron chi connectivity index (χ2n) is 14.8. The van der Waals surface area contributed by atoms with Gasteiger partial charge in [0.15, 0.2) is 6.10 Å². The molecule has 0 aromatic carbocycles. The molecule has 0 saturated carbocycles. The molecule has 0 aliphatic heterocycles. The Morgan fingerprint density at radius 1 is 0.648 bits per heavy atom. The van der Waals surface area contributed by atoms with Crippen molar-refractivity contribution >= 4 is 19.8 Å². The molecular weight excluding hydrogens is 703 g/mol. The first-order valence-corrected chi connectivity index (χ1v) is 23.0. The minimum Gasteiger partial charge on any atom is -0.462 e. The van der Waals surface area contributed by atoms with E-state index in [1.165, 1.54) is 96.3 Å². The fourth-order valence-electron chi connectivity index (χ4n) is 5.84. The number of ether oxygens (including phenoxy) is 2. The predicted octanol–water partition coefficient (Wildman–Crippen LogP) is 12.0. The molecule has 1 unspecified atom stereocenters. The number of aliphatic hydroxyl groups is 1. The van der Waals surface area contributed by atoms with E-state index in [0.717, 1.165) is 38.0 Å². The predicted molar refractivity (Wildman–Crippen MR) is 222 cm³/mol. The normalized spacial score (nSPS) is 14.1. The van der Waals surface area contributed by atoms with Gasteiger partial charge in [0.05, 0.1) is 12.7 Å². The summed E-state index contributed by atoms with van der Waals surface area (Å²) in [6.45, 7) is 5.91. The van der Waals surface area contributed by atoms with E-state index in [4.69, 9.17) is 19.3 Å². The van der Waals surface area contributed by atoms with Gasteiger partial charge in [-0.3, -0.25) is 14.1 Å². The van der Waals surface area contributed by atoms with Gasteiger partial charge in [-0.05, 0) is 50.9 Å². The molecule has 0 aromatic rings. The third kappa shape index (κ3) is 39.7. The van der Waals surface area contributed by atoms with Crippen LogP contribution in [0.2, 0.25) is 0 Å². The van der Waals surface area contributed by atoms with Crippen molar-refractivity contribution in [2.45, 2.75) is 200 Å². The van der Waals surface area contributed by atoms with Crippen molar-refractivity contribution in [1.82, 2.24) is 0 Å². The van der Waals surface area contributed by atoms with Gasteiger partial charge < -0.3 is 24.4 Å². The highest BCUT2D eigenvalue weighted by molar-refractivity contribution is 7.46. The Hall–Kier alpha value is -2.03. The molecule has 10 heteroatoms. The van der Waals surface area contributed by atoms with Gasteiger partial charge in [0.1, 0.15) is 6.61 Å².